The van der Waals surface area contributed by atoms with Crippen molar-refractivity contribution in [1.29, 1.82) is 0 Å². The fourth-order valence-electron chi connectivity index (χ4n) is 3.04. The monoisotopic (exact) mass is 422 g/mol. The van der Waals surface area contributed by atoms with Crippen LogP contribution in [-0.2, 0) is 0 Å². The van der Waals surface area contributed by atoms with Gasteiger partial charge in [-0.05, 0) is 36.8 Å². The summed E-state index contributed by atoms with van der Waals surface area (Å²) in [6.07, 6.45) is 0. The Hall–Kier alpha value is -3.65. The average Bonchev–Trinajstić information content (AvgIpc) is 2.74. The number of thiol groups is 1. The number of benzene rings is 3. The summed E-state index contributed by atoms with van der Waals surface area (Å²) in [6, 6.07) is 17.5. The van der Waals surface area contributed by atoms with Crippen LogP contribution in [-0.4, -0.2) is 22.6 Å². The zero-order valence-corrected chi connectivity index (χ0v) is 16.9. The maximum Gasteiger partial charge on any atom is 0.280 e. The molecule has 0 radical (unpaired) electrons. The summed E-state index contributed by atoms with van der Waals surface area (Å²) in [7, 11) is 0. The molecule has 30 heavy (non-hydrogen) atoms. The second-order valence-corrected chi connectivity index (χ2v) is 6.66. The molecule has 0 unspecified atom stereocenters. The molecule has 0 spiro atoms. The van der Waals surface area contributed by atoms with Crippen molar-refractivity contribution in [2.75, 3.05) is 11.9 Å². The highest BCUT2D eigenvalue weighted by Crippen LogP contribution is 2.36. The molecule has 0 aliphatic rings. The van der Waals surface area contributed by atoms with Gasteiger partial charge < -0.3 is 10.1 Å². The standard InChI is InChI=1S/C22H18N2O5S/c1-2-29-16-9-11-20(23-22(26)30)18(13-16)17-10-8-15(24(27)28)12-19(17)21(25)14-6-4-3-5-7-14/h3-13H,2H2,1H3,(H2,23,26,30). The molecule has 0 fully saturated rings. The van der Waals surface area contributed by atoms with Crippen molar-refractivity contribution in [3.63, 3.8) is 0 Å². The first-order valence-electron chi connectivity index (χ1n) is 9.06. The minimum Gasteiger partial charge on any atom is -0.494 e. The smallest absolute Gasteiger partial charge is 0.280 e. The van der Waals surface area contributed by atoms with Gasteiger partial charge in [-0.15, -0.1) is 0 Å². The van der Waals surface area contributed by atoms with Crippen LogP contribution in [0.1, 0.15) is 22.8 Å². The molecule has 0 atom stereocenters. The molecular weight excluding hydrogens is 404 g/mol. The lowest BCUT2D eigenvalue weighted by atomic mass is 9.92. The molecule has 0 bridgehead atoms. The molecule has 3 rings (SSSR count). The summed E-state index contributed by atoms with van der Waals surface area (Å²) in [4.78, 5) is 35.5. The lowest BCUT2D eigenvalue weighted by molar-refractivity contribution is -0.384. The van der Waals surface area contributed by atoms with Crippen molar-refractivity contribution >= 4 is 35.0 Å². The number of nitrogens with zero attached hydrogens (tertiary/aromatic N) is 1. The van der Waals surface area contributed by atoms with E-state index < -0.39 is 10.2 Å². The Kier molecular flexibility index (Phi) is 6.48. The summed E-state index contributed by atoms with van der Waals surface area (Å²) in [6.45, 7) is 2.26. The predicted octanol–water partition coefficient (Wildman–Crippen LogP) is 5.35. The number of ether oxygens (including phenoxy) is 1. The van der Waals surface area contributed by atoms with Crippen LogP contribution in [0.5, 0.6) is 5.75 Å². The van der Waals surface area contributed by atoms with E-state index in [1.807, 2.05) is 6.92 Å². The number of anilines is 1. The van der Waals surface area contributed by atoms with Crippen molar-refractivity contribution in [3.8, 4) is 16.9 Å². The number of carbonyl (C=O) groups is 2. The van der Waals surface area contributed by atoms with E-state index in [1.54, 1.807) is 48.5 Å². The molecule has 0 aliphatic carbocycles. The molecule has 3 aromatic rings. The lowest BCUT2D eigenvalue weighted by Gasteiger charge is -2.15. The van der Waals surface area contributed by atoms with Gasteiger partial charge in [0.15, 0.2) is 5.78 Å². The van der Waals surface area contributed by atoms with Gasteiger partial charge in [0.1, 0.15) is 5.75 Å². The van der Waals surface area contributed by atoms with E-state index in [1.165, 1.54) is 18.2 Å². The number of nitrogens with one attached hydrogen (secondary N) is 1. The third kappa shape index (κ3) is 4.66. The van der Waals surface area contributed by atoms with Crippen LogP contribution < -0.4 is 10.1 Å². The normalized spacial score (nSPS) is 10.3. The van der Waals surface area contributed by atoms with Crippen molar-refractivity contribution < 1.29 is 19.2 Å². The van der Waals surface area contributed by atoms with Gasteiger partial charge in [0.05, 0.1) is 11.5 Å². The van der Waals surface area contributed by atoms with Crippen LogP contribution in [0.3, 0.4) is 0 Å². The molecule has 3 aromatic carbocycles. The van der Waals surface area contributed by atoms with Crippen LogP contribution in [0.2, 0.25) is 0 Å². The Balaban J connectivity index is 2.24. The number of amides is 1. The Morgan fingerprint density at radius 3 is 2.40 bits per heavy atom. The summed E-state index contributed by atoms with van der Waals surface area (Å²) in [5.74, 6) is 0.153. The fourth-order valence-corrected chi connectivity index (χ4v) is 3.16. The van der Waals surface area contributed by atoms with Gasteiger partial charge in [0.2, 0.25) is 0 Å². The minimum atomic E-state index is -0.585. The number of carbonyl (C=O) groups excluding carboxylic acids is 2. The fraction of sp³-hybridized carbons (Fsp3) is 0.0909. The second kappa shape index (κ2) is 9.23. The number of hydrogen-bond acceptors (Lipinski definition) is 5. The topological polar surface area (TPSA) is 98.5 Å². The number of hydrogen-bond donors (Lipinski definition) is 2. The summed E-state index contributed by atoms with van der Waals surface area (Å²) in [5.41, 5.74) is 1.62. The zero-order chi connectivity index (χ0) is 21.7. The first-order chi connectivity index (χ1) is 14.4. The third-order valence-corrected chi connectivity index (χ3v) is 4.44. The first kappa shape index (κ1) is 21.1. The second-order valence-electron chi connectivity index (χ2n) is 6.25. The van der Waals surface area contributed by atoms with Gasteiger partial charge >= 0.3 is 0 Å². The van der Waals surface area contributed by atoms with E-state index >= 15 is 0 Å². The van der Waals surface area contributed by atoms with Gasteiger partial charge in [-0.2, -0.15) is 0 Å². The molecule has 1 N–H and O–H groups in total. The third-order valence-electron chi connectivity index (χ3n) is 4.33. The SMILES string of the molecule is CCOc1ccc(NC(=O)S)c(-c2ccc([N+](=O)[O-])cc2C(=O)c2ccccc2)c1. The first-order valence-corrected chi connectivity index (χ1v) is 9.50. The number of non-ortho nitro benzene ring substituents is 1. The number of rotatable bonds is 7. The molecule has 0 aliphatic heterocycles. The molecule has 1 amide bonds. The van der Waals surface area contributed by atoms with E-state index in [4.69, 9.17) is 4.74 Å². The van der Waals surface area contributed by atoms with Crippen LogP contribution >= 0.6 is 12.6 Å². The molecule has 152 valence electrons. The molecular formula is C22H18N2O5S. The Bertz CT molecular complexity index is 1120. The maximum absolute atomic E-state index is 13.2. The van der Waals surface area contributed by atoms with Crippen LogP contribution in [0, 0.1) is 10.1 Å². The van der Waals surface area contributed by atoms with E-state index in [0.717, 1.165) is 0 Å². The highest BCUT2D eigenvalue weighted by molar-refractivity contribution is 7.96. The van der Waals surface area contributed by atoms with Crippen LogP contribution in [0.25, 0.3) is 11.1 Å². The highest BCUT2D eigenvalue weighted by Gasteiger charge is 2.21. The molecule has 0 heterocycles. The molecule has 0 aromatic heterocycles. The summed E-state index contributed by atoms with van der Waals surface area (Å²) < 4.78 is 5.55. The van der Waals surface area contributed by atoms with Crippen LogP contribution in [0.15, 0.2) is 66.7 Å². The average molecular weight is 422 g/mol. The van der Waals surface area contributed by atoms with Crippen molar-refractivity contribution in [1.82, 2.24) is 0 Å². The maximum atomic E-state index is 13.2. The van der Waals surface area contributed by atoms with E-state index in [0.29, 0.717) is 34.7 Å². The lowest BCUT2D eigenvalue weighted by Crippen LogP contribution is -2.07. The van der Waals surface area contributed by atoms with Gasteiger partial charge in [-0.3, -0.25) is 19.7 Å². The number of nitro groups is 1. The molecule has 0 saturated carbocycles. The van der Waals surface area contributed by atoms with Gasteiger partial charge in [0, 0.05) is 34.5 Å². The highest BCUT2D eigenvalue weighted by atomic mass is 32.1. The largest absolute Gasteiger partial charge is 0.494 e. The summed E-state index contributed by atoms with van der Waals surface area (Å²) >= 11 is 3.77. The van der Waals surface area contributed by atoms with Crippen molar-refractivity contribution in [3.05, 3.63) is 88.0 Å². The number of nitro benzene ring substituents is 1. The van der Waals surface area contributed by atoms with Gasteiger partial charge in [0.25, 0.3) is 10.9 Å². The molecule has 0 saturated heterocycles. The van der Waals surface area contributed by atoms with Gasteiger partial charge in [-0.25, -0.2) is 0 Å². The minimum absolute atomic E-state index is 0.138. The Labute approximate surface area is 178 Å². The summed E-state index contributed by atoms with van der Waals surface area (Å²) in [5, 5.41) is 13.3. The quantitative estimate of drug-likeness (QED) is 0.231. The predicted molar refractivity (Wildman–Crippen MR) is 118 cm³/mol. The number of ketones is 1. The van der Waals surface area contributed by atoms with Gasteiger partial charge in [-0.1, -0.05) is 43.0 Å². The van der Waals surface area contributed by atoms with Crippen LogP contribution in [0.4, 0.5) is 16.2 Å². The Morgan fingerprint density at radius 2 is 1.77 bits per heavy atom. The van der Waals surface area contributed by atoms with E-state index in [-0.39, 0.29) is 17.0 Å². The molecule has 8 heteroatoms. The Morgan fingerprint density at radius 1 is 1.03 bits per heavy atom. The zero-order valence-electron chi connectivity index (χ0n) is 16.0. The van der Waals surface area contributed by atoms with Crippen molar-refractivity contribution in [2.45, 2.75) is 6.92 Å². The van der Waals surface area contributed by atoms with E-state index in [2.05, 4.69) is 17.9 Å². The van der Waals surface area contributed by atoms with Crippen molar-refractivity contribution in [2.24, 2.45) is 0 Å². The molecule has 7 nitrogen and oxygen atoms in total. The van der Waals surface area contributed by atoms with E-state index in [9.17, 15) is 19.7 Å².